The zero-order chi connectivity index (χ0) is 61.2. The van der Waals surface area contributed by atoms with Crippen LogP contribution in [0.25, 0.3) is 0 Å². The quantitative estimate of drug-likeness (QED) is 0.0221. The number of hydrogen-bond donors (Lipinski definition) is 12. The van der Waals surface area contributed by atoms with Gasteiger partial charge < -0.3 is 89.9 Å². The average Bonchev–Trinajstić information content (AvgIpc) is 3.69. The van der Waals surface area contributed by atoms with E-state index < -0.39 is 124 Å². The van der Waals surface area contributed by atoms with E-state index in [2.05, 4.69) is 92.1 Å². The predicted molar refractivity (Wildman–Crippen MR) is 323 cm³/mol. The maximum Gasteiger partial charge on any atom is 0.220 e. The van der Waals surface area contributed by atoms with Gasteiger partial charge in [0, 0.05) is 6.42 Å². The Kier molecular flexibility index (Phi) is 42.1. The molecule has 484 valence electrons. The summed E-state index contributed by atoms with van der Waals surface area (Å²) in [4.78, 5) is 13.4. The third-order valence-electron chi connectivity index (χ3n) is 15.4. The lowest BCUT2D eigenvalue weighted by atomic mass is 9.96. The molecule has 3 aliphatic rings. The number of rotatable bonds is 46. The van der Waals surface area contributed by atoms with Crippen molar-refractivity contribution in [1.29, 1.82) is 0 Å². The number of allylic oxidation sites excluding steroid dienone is 13. The fraction of sp³-hybridized carbons (Fsp3) is 0.769. The van der Waals surface area contributed by atoms with E-state index in [4.69, 9.17) is 28.4 Å². The smallest absolute Gasteiger partial charge is 0.220 e. The van der Waals surface area contributed by atoms with Gasteiger partial charge >= 0.3 is 0 Å². The monoisotopic (exact) mass is 1190 g/mol. The molecule has 19 nitrogen and oxygen atoms in total. The van der Waals surface area contributed by atoms with Gasteiger partial charge in [-0.15, -0.1) is 0 Å². The molecule has 0 aromatic rings. The van der Waals surface area contributed by atoms with Crippen molar-refractivity contribution in [2.75, 3.05) is 26.4 Å². The predicted octanol–water partition coefficient (Wildman–Crippen LogP) is 6.76. The van der Waals surface area contributed by atoms with Crippen LogP contribution in [0.3, 0.4) is 0 Å². The summed E-state index contributed by atoms with van der Waals surface area (Å²) in [7, 11) is 0. The highest BCUT2D eigenvalue weighted by atomic mass is 16.8. The first-order valence-electron chi connectivity index (χ1n) is 31.8. The van der Waals surface area contributed by atoms with Gasteiger partial charge in [-0.2, -0.15) is 0 Å². The maximum atomic E-state index is 13.4. The molecule has 19 heteroatoms. The molecule has 12 N–H and O–H groups in total. The van der Waals surface area contributed by atoms with Crippen LogP contribution >= 0.6 is 0 Å². The van der Waals surface area contributed by atoms with Crippen LogP contribution in [-0.2, 0) is 33.2 Å². The van der Waals surface area contributed by atoms with Crippen LogP contribution in [0, 0.1) is 0 Å². The van der Waals surface area contributed by atoms with Crippen LogP contribution in [-0.4, -0.2) is 193 Å². The van der Waals surface area contributed by atoms with E-state index in [0.29, 0.717) is 12.8 Å². The molecule has 0 aliphatic carbocycles. The number of carbonyl (C=O) groups is 1. The number of carbonyl (C=O) groups excluding carboxylic acids is 1. The fourth-order valence-corrected chi connectivity index (χ4v) is 10.2. The minimum absolute atomic E-state index is 0.222. The molecule has 3 saturated heterocycles. The first-order valence-corrected chi connectivity index (χ1v) is 31.8. The Labute approximate surface area is 501 Å². The van der Waals surface area contributed by atoms with E-state index in [1.807, 2.05) is 6.08 Å². The summed E-state index contributed by atoms with van der Waals surface area (Å²) < 4.78 is 34.2. The van der Waals surface area contributed by atoms with E-state index in [9.17, 15) is 61.0 Å². The van der Waals surface area contributed by atoms with Gasteiger partial charge in [-0.3, -0.25) is 4.79 Å². The van der Waals surface area contributed by atoms with Crippen LogP contribution in [0.2, 0.25) is 0 Å². The number of ether oxygens (including phenoxy) is 6. The number of aliphatic hydroxyl groups is 11. The number of nitrogens with one attached hydrogen (secondary N) is 1. The van der Waals surface area contributed by atoms with Crippen molar-refractivity contribution in [3.8, 4) is 0 Å². The van der Waals surface area contributed by atoms with E-state index in [1.165, 1.54) is 70.6 Å². The van der Waals surface area contributed by atoms with Gasteiger partial charge in [0.15, 0.2) is 18.9 Å². The molecule has 17 unspecified atom stereocenters. The molecule has 1 amide bonds. The number of amides is 1. The molecule has 0 radical (unpaired) electrons. The summed E-state index contributed by atoms with van der Waals surface area (Å²) in [5, 5.41) is 120. The van der Waals surface area contributed by atoms with Gasteiger partial charge in [0.25, 0.3) is 0 Å². The Bertz CT molecular complexity index is 1860. The van der Waals surface area contributed by atoms with Crippen LogP contribution in [0.5, 0.6) is 0 Å². The second kappa shape index (κ2) is 47.0. The summed E-state index contributed by atoms with van der Waals surface area (Å²) in [6.07, 6.45) is 31.3. The van der Waals surface area contributed by atoms with E-state index in [-0.39, 0.29) is 18.9 Å². The van der Waals surface area contributed by atoms with Gasteiger partial charge in [0.2, 0.25) is 5.91 Å². The lowest BCUT2D eigenvalue weighted by Gasteiger charge is -2.48. The number of aliphatic hydroxyl groups excluding tert-OH is 11. The third kappa shape index (κ3) is 29.8. The summed E-state index contributed by atoms with van der Waals surface area (Å²) in [5.41, 5.74) is 0. The SMILES string of the molecule is CC/C=C\C/C=C\C/C=C\C/C=C\CCCCCCCCCCCCC(=O)NC(COC1OC(CO)C(OC2OC(CO)C(OC3OC(CO)C(O)C(O)C3O)C(O)C2O)C(O)C1O)C(O)/C=C/CC/C=C/CC/C=C/CCCCCCCC. The van der Waals surface area contributed by atoms with Crippen molar-refractivity contribution in [3.63, 3.8) is 0 Å². The average molecular weight is 1190 g/mol. The second-order valence-corrected chi connectivity index (χ2v) is 22.5. The first kappa shape index (κ1) is 75.2. The van der Waals surface area contributed by atoms with Crippen LogP contribution in [0.1, 0.15) is 187 Å². The topological polar surface area (TPSA) is 307 Å². The second-order valence-electron chi connectivity index (χ2n) is 22.5. The van der Waals surface area contributed by atoms with Crippen molar-refractivity contribution in [2.24, 2.45) is 0 Å². The lowest BCUT2D eigenvalue weighted by Crippen LogP contribution is -2.66. The van der Waals surface area contributed by atoms with Crippen molar-refractivity contribution in [2.45, 2.75) is 291 Å². The van der Waals surface area contributed by atoms with Crippen molar-refractivity contribution in [3.05, 3.63) is 85.1 Å². The van der Waals surface area contributed by atoms with E-state index in [0.717, 1.165) is 83.5 Å². The Morgan fingerprint density at radius 2 is 0.833 bits per heavy atom. The van der Waals surface area contributed by atoms with Gasteiger partial charge in [-0.25, -0.2) is 0 Å². The molecule has 3 aliphatic heterocycles. The normalized spacial score (nSPS) is 29.8. The van der Waals surface area contributed by atoms with Gasteiger partial charge in [-0.05, 0) is 83.5 Å². The number of hydrogen-bond acceptors (Lipinski definition) is 18. The molecule has 0 saturated carbocycles. The van der Waals surface area contributed by atoms with E-state index in [1.54, 1.807) is 6.08 Å². The maximum absolute atomic E-state index is 13.4. The summed E-state index contributed by atoms with van der Waals surface area (Å²) in [5.74, 6) is -0.299. The highest BCUT2D eigenvalue weighted by Crippen LogP contribution is 2.33. The summed E-state index contributed by atoms with van der Waals surface area (Å²) in [6.45, 7) is 1.55. The molecule has 0 spiro atoms. The molecular weight excluding hydrogens is 1080 g/mol. The van der Waals surface area contributed by atoms with Gasteiger partial charge in [0.05, 0.1) is 38.6 Å². The highest BCUT2D eigenvalue weighted by molar-refractivity contribution is 5.76. The molecule has 3 heterocycles. The Morgan fingerprint density at radius 3 is 1.33 bits per heavy atom. The largest absolute Gasteiger partial charge is 0.394 e. The van der Waals surface area contributed by atoms with Gasteiger partial charge in [0.1, 0.15) is 73.2 Å². The van der Waals surface area contributed by atoms with Crippen LogP contribution < -0.4 is 5.32 Å². The van der Waals surface area contributed by atoms with Crippen molar-refractivity contribution < 1.29 is 89.4 Å². The Balaban J connectivity index is 1.48. The zero-order valence-corrected chi connectivity index (χ0v) is 50.6. The highest BCUT2D eigenvalue weighted by Gasteiger charge is 2.53. The molecule has 0 aromatic carbocycles. The molecule has 17 atom stereocenters. The van der Waals surface area contributed by atoms with Crippen molar-refractivity contribution in [1.82, 2.24) is 5.32 Å². The van der Waals surface area contributed by atoms with E-state index >= 15 is 0 Å². The fourth-order valence-electron chi connectivity index (χ4n) is 10.2. The van der Waals surface area contributed by atoms with Gasteiger partial charge in [-0.1, -0.05) is 182 Å². The molecular formula is C65H111NO18. The zero-order valence-electron chi connectivity index (χ0n) is 50.6. The summed E-state index contributed by atoms with van der Waals surface area (Å²) in [6, 6.07) is -1.00. The van der Waals surface area contributed by atoms with Crippen molar-refractivity contribution >= 4 is 5.91 Å². The molecule has 0 bridgehead atoms. The Hall–Kier alpha value is -3.03. The Morgan fingerprint density at radius 1 is 0.440 bits per heavy atom. The minimum Gasteiger partial charge on any atom is -0.394 e. The molecule has 84 heavy (non-hydrogen) atoms. The standard InChI is InChI=1S/C65H111NO18/c1-3-5-7-9-11-13-15-17-19-21-22-23-24-25-26-27-29-31-33-35-37-39-41-43-53(71)66-48(49(70)42-40-38-36-34-32-30-28-20-18-16-14-12-10-8-6-4-2)47-79-63-59(77)56(74)61(51(45-68)81-63)84-65-60(78)57(75)62(52(46-69)82-65)83-64-58(76)55(73)54(72)50(44-67)80-64/h5,7,11,13,17-20,22-23,32,34,40,42,48-52,54-65,67-70,72-78H,3-4,6,8-10,12,14-16,21,24-31,33,35-39,41,43-47H2,1-2H3,(H,66,71)/b7-5-,13-11-,19-17-,20-18+,23-22-,34-32+,42-40+. The molecule has 3 rings (SSSR count). The lowest BCUT2D eigenvalue weighted by molar-refractivity contribution is -0.379. The summed E-state index contributed by atoms with van der Waals surface area (Å²) >= 11 is 0. The number of unbranched alkanes of at least 4 members (excludes halogenated alkanes) is 18. The third-order valence-corrected chi connectivity index (χ3v) is 15.4. The van der Waals surface area contributed by atoms with Crippen LogP contribution in [0.4, 0.5) is 0 Å². The molecule has 0 aromatic heterocycles. The van der Waals surface area contributed by atoms with Crippen LogP contribution in [0.15, 0.2) is 85.1 Å². The minimum atomic E-state index is -1.99. The first-order chi connectivity index (χ1) is 40.8. The molecule has 3 fully saturated rings.